The summed E-state index contributed by atoms with van der Waals surface area (Å²) in [5.41, 5.74) is 1.52. The van der Waals surface area contributed by atoms with Crippen LogP contribution in [0, 0.1) is 11.3 Å². The monoisotopic (exact) mass is 383 g/mol. The Morgan fingerprint density at radius 1 is 1.10 bits per heavy atom. The van der Waals surface area contributed by atoms with Crippen LogP contribution in [0.15, 0.2) is 40.9 Å². The van der Waals surface area contributed by atoms with Crippen LogP contribution in [0.2, 0.25) is 10.0 Å². The lowest BCUT2D eigenvalue weighted by Crippen LogP contribution is -2.19. The van der Waals surface area contributed by atoms with Gasteiger partial charge in [0.1, 0.15) is 0 Å². The van der Waals surface area contributed by atoms with Crippen molar-refractivity contribution in [3.05, 3.63) is 56.5 Å². The number of nitriles is 1. The Morgan fingerprint density at radius 2 is 1.76 bits per heavy atom. The van der Waals surface area contributed by atoms with Crippen molar-refractivity contribution >= 4 is 56.5 Å². The first kappa shape index (κ1) is 15.6. The van der Waals surface area contributed by atoms with E-state index in [1.165, 1.54) is 0 Å². The van der Waals surface area contributed by atoms with Gasteiger partial charge in [-0.25, -0.2) is 4.79 Å². The Bertz CT molecular complexity index is 723. The number of amides is 2. The maximum atomic E-state index is 11.9. The molecule has 4 nitrogen and oxygen atoms in total. The van der Waals surface area contributed by atoms with Crippen molar-refractivity contribution < 1.29 is 4.79 Å². The minimum atomic E-state index is -0.446. The zero-order chi connectivity index (χ0) is 15.4. The number of nitrogens with zero attached hydrogens (tertiary/aromatic N) is 1. The Hall–Kier alpha value is -1.74. The Kier molecular flexibility index (Phi) is 5.07. The number of anilines is 2. The van der Waals surface area contributed by atoms with Crippen LogP contribution < -0.4 is 10.6 Å². The number of carbonyl (C=O) groups is 1. The molecule has 0 fully saturated rings. The molecule has 21 heavy (non-hydrogen) atoms. The molecule has 0 aliphatic heterocycles. The van der Waals surface area contributed by atoms with E-state index in [0.29, 0.717) is 31.5 Å². The van der Waals surface area contributed by atoms with E-state index in [1.54, 1.807) is 36.4 Å². The summed E-state index contributed by atoms with van der Waals surface area (Å²) < 4.78 is 0.612. The molecule has 0 heterocycles. The number of urea groups is 1. The summed E-state index contributed by atoms with van der Waals surface area (Å²) in [6, 6.07) is 11.2. The molecule has 0 saturated carbocycles. The summed E-state index contributed by atoms with van der Waals surface area (Å²) in [5.74, 6) is 0. The van der Waals surface area contributed by atoms with Crippen molar-refractivity contribution in [2.24, 2.45) is 0 Å². The molecule has 0 aliphatic carbocycles. The zero-order valence-electron chi connectivity index (χ0n) is 10.5. The van der Waals surface area contributed by atoms with Crippen molar-refractivity contribution in [1.82, 2.24) is 0 Å². The molecule has 0 bridgehead atoms. The average molecular weight is 385 g/mol. The molecule has 7 heteroatoms. The lowest BCUT2D eigenvalue weighted by molar-refractivity contribution is 0.262. The summed E-state index contributed by atoms with van der Waals surface area (Å²) >= 11 is 15.0. The number of hydrogen-bond acceptors (Lipinski definition) is 2. The van der Waals surface area contributed by atoms with Crippen molar-refractivity contribution in [1.29, 1.82) is 5.26 Å². The smallest absolute Gasteiger partial charge is 0.308 e. The van der Waals surface area contributed by atoms with Crippen LogP contribution in [-0.4, -0.2) is 6.03 Å². The van der Waals surface area contributed by atoms with E-state index in [0.717, 1.165) is 0 Å². The van der Waals surface area contributed by atoms with E-state index in [1.807, 2.05) is 6.07 Å². The lowest BCUT2D eigenvalue weighted by Gasteiger charge is -2.10. The molecule has 2 aromatic rings. The molecule has 2 aromatic carbocycles. The molecular formula is C14H8BrCl2N3O. The van der Waals surface area contributed by atoms with Gasteiger partial charge in [0.05, 0.1) is 17.3 Å². The van der Waals surface area contributed by atoms with Gasteiger partial charge in [0, 0.05) is 20.2 Å². The molecular weight excluding hydrogens is 377 g/mol. The maximum absolute atomic E-state index is 11.9. The standard InChI is InChI=1S/C14H8BrCl2N3O/c15-12-3-8(7-18)1-2-13(12)20-14(21)19-11-5-9(16)4-10(17)6-11/h1-6H,(H2,19,20,21). The lowest BCUT2D eigenvalue weighted by atomic mass is 10.2. The van der Waals surface area contributed by atoms with Gasteiger partial charge < -0.3 is 10.6 Å². The third-order valence-corrected chi connectivity index (χ3v) is 3.56. The number of benzene rings is 2. The first-order valence-electron chi connectivity index (χ1n) is 5.71. The van der Waals surface area contributed by atoms with Crippen molar-refractivity contribution in [3.8, 4) is 6.07 Å². The number of nitrogens with one attached hydrogen (secondary N) is 2. The molecule has 2 rings (SSSR count). The number of carbonyl (C=O) groups excluding carboxylic acids is 1. The molecule has 0 atom stereocenters. The van der Waals surface area contributed by atoms with Gasteiger partial charge in [0.2, 0.25) is 0 Å². The molecule has 0 spiro atoms. The van der Waals surface area contributed by atoms with E-state index in [2.05, 4.69) is 26.6 Å². The summed E-state index contributed by atoms with van der Waals surface area (Å²) in [6.45, 7) is 0. The van der Waals surface area contributed by atoms with E-state index in [9.17, 15) is 4.79 Å². The molecule has 2 N–H and O–H groups in total. The van der Waals surface area contributed by atoms with Crippen LogP contribution in [0.1, 0.15) is 5.56 Å². The number of halogens is 3. The van der Waals surface area contributed by atoms with Crippen molar-refractivity contribution in [2.75, 3.05) is 10.6 Å². The second kappa shape index (κ2) is 6.81. The van der Waals surface area contributed by atoms with Crippen LogP contribution in [0.4, 0.5) is 16.2 Å². The average Bonchev–Trinajstić information content (AvgIpc) is 2.39. The van der Waals surface area contributed by atoms with Crippen LogP contribution in [0.5, 0.6) is 0 Å². The van der Waals surface area contributed by atoms with Gasteiger partial charge in [-0.3, -0.25) is 0 Å². The summed E-state index contributed by atoms with van der Waals surface area (Å²) in [5, 5.41) is 14.9. The quantitative estimate of drug-likeness (QED) is 0.740. The van der Waals surface area contributed by atoms with E-state index in [-0.39, 0.29) is 0 Å². The highest BCUT2D eigenvalue weighted by Gasteiger charge is 2.07. The predicted octanol–water partition coefficient (Wildman–Crippen LogP) is 5.27. The molecule has 0 radical (unpaired) electrons. The van der Waals surface area contributed by atoms with E-state index >= 15 is 0 Å². The molecule has 0 unspecified atom stereocenters. The summed E-state index contributed by atoms with van der Waals surface area (Å²) in [4.78, 5) is 11.9. The fourth-order valence-electron chi connectivity index (χ4n) is 1.60. The van der Waals surface area contributed by atoms with Gasteiger partial charge in [-0.2, -0.15) is 5.26 Å². The Morgan fingerprint density at radius 3 is 2.33 bits per heavy atom. The third-order valence-electron chi connectivity index (χ3n) is 2.47. The normalized spacial score (nSPS) is 9.81. The maximum Gasteiger partial charge on any atom is 0.323 e. The van der Waals surface area contributed by atoms with Gasteiger partial charge in [0.25, 0.3) is 0 Å². The number of hydrogen-bond donors (Lipinski definition) is 2. The zero-order valence-corrected chi connectivity index (χ0v) is 13.6. The number of rotatable bonds is 2. The van der Waals surface area contributed by atoms with E-state index in [4.69, 9.17) is 28.5 Å². The van der Waals surface area contributed by atoms with Crippen LogP contribution in [0.3, 0.4) is 0 Å². The van der Waals surface area contributed by atoms with Gasteiger partial charge in [-0.15, -0.1) is 0 Å². The minimum Gasteiger partial charge on any atom is -0.308 e. The van der Waals surface area contributed by atoms with Gasteiger partial charge >= 0.3 is 6.03 Å². The van der Waals surface area contributed by atoms with Crippen LogP contribution in [-0.2, 0) is 0 Å². The van der Waals surface area contributed by atoms with Crippen LogP contribution in [0.25, 0.3) is 0 Å². The molecule has 2 amide bonds. The van der Waals surface area contributed by atoms with Gasteiger partial charge in [-0.1, -0.05) is 23.2 Å². The molecule has 0 aliphatic rings. The fraction of sp³-hybridized carbons (Fsp3) is 0. The highest BCUT2D eigenvalue weighted by Crippen LogP contribution is 2.25. The molecule has 0 saturated heterocycles. The second-order valence-corrected chi connectivity index (χ2v) is 5.77. The highest BCUT2D eigenvalue weighted by molar-refractivity contribution is 9.10. The first-order valence-corrected chi connectivity index (χ1v) is 7.26. The van der Waals surface area contributed by atoms with Crippen molar-refractivity contribution in [2.45, 2.75) is 0 Å². The largest absolute Gasteiger partial charge is 0.323 e. The highest BCUT2D eigenvalue weighted by atomic mass is 79.9. The molecule has 106 valence electrons. The van der Waals surface area contributed by atoms with Gasteiger partial charge in [-0.05, 0) is 52.3 Å². The molecule has 0 aromatic heterocycles. The van der Waals surface area contributed by atoms with E-state index < -0.39 is 6.03 Å². The summed E-state index contributed by atoms with van der Waals surface area (Å²) in [6.07, 6.45) is 0. The Balaban J connectivity index is 2.10. The van der Waals surface area contributed by atoms with Crippen molar-refractivity contribution in [3.63, 3.8) is 0 Å². The second-order valence-electron chi connectivity index (χ2n) is 4.04. The third kappa shape index (κ3) is 4.36. The topological polar surface area (TPSA) is 64.9 Å². The van der Waals surface area contributed by atoms with Crippen LogP contribution >= 0.6 is 39.1 Å². The SMILES string of the molecule is N#Cc1ccc(NC(=O)Nc2cc(Cl)cc(Cl)c2)c(Br)c1. The fourth-order valence-corrected chi connectivity index (χ4v) is 2.60. The summed E-state index contributed by atoms with van der Waals surface area (Å²) in [7, 11) is 0. The van der Waals surface area contributed by atoms with Gasteiger partial charge in [0.15, 0.2) is 0 Å². The first-order chi connectivity index (χ1) is 9.97. The minimum absolute atomic E-state index is 0.428. The Labute approximate surface area is 139 Å². The predicted molar refractivity (Wildman–Crippen MR) is 88.0 cm³/mol.